The van der Waals surface area contributed by atoms with Crippen LogP contribution in [0.5, 0.6) is 0 Å². The van der Waals surface area contributed by atoms with Crippen LogP contribution >= 0.6 is 0 Å². The molecule has 0 fully saturated rings. The van der Waals surface area contributed by atoms with Gasteiger partial charge in [0.15, 0.2) is 0 Å². The number of unbranched alkanes of at least 4 members (excludes halogenated alkanes) is 1. The number of ether oxygens (including phenoxy) is 1. The van der Waals surface area contributed by atoms with Crippen molar-refractivity contribution in [3.8, 4) is 0 Å². The van der Waals surface area contributed by atoms with Crippen LogP contribution in [0.4, 0.5) is 0 Å². The largest absolute Gasteiger partial charge is 0.431 e. The monoisotopic (exact) mass is 178 g/mol. The number of hydrogen-bond donors (Lipinski definition) is 0. The van der Waals surface area contributed by atoms with Gasteiger partial charge in [0.2, 0.25) is 0 Å². The summed E-state index contributed by atoms with van der Waals surface area (Å²) in [6.45, 7) is 3.64. The van der Waals surface area contributed by atoms with Crippen molar-refractivity contribution >= 4 is 5.97 Å². The third kappa shape index (κ3) is 3.74. The lowest BCUT2D eigenvalue weighted by molar-refractivity contribution is -0.138. The number of carbonyl (C=O) groups is 1. The van der Waals surface area contributed by atoms with E-state index in [1.807, 2.05) is 24.3 Å². The zero-order valence-electron chi connectivity index (χ0n) is 7.66. The van der Waals surface area contributed by atoms with Gasteiger partial charge < -0.3 is 4.74 Å². The zero-order valence-corrected chi connectivity index (χ0v) is 7.66. The summed E-state index contributed by atoms with van der Waals surface area (Å²) in [5.41, 5.74) is 0. The van der Waals surface area contributed by atoms with Crippen molar-refractivity contribution in [2.75, 3.05) is 0 Å². The van der Waals surface area contributed by atoms with Gasteiger partial charge in [-0.05, 0) is 18.9 Å². The Morgan fingerprint density at radius 2 is 2.46 bits per heavy atom. The molecule has 0 spiro atoms. The third-order valence-electron chi connectivity index (χ3n) is 1.78. The van der Waals surface area contributed by atoms with Crippen LogP contribution in [0, 0.1) is 0 Å². The van der Waals surface area contributed by atoms with Crippen molar-refractivity contribution in [3.63, 3.8) is 0 Å². The molecule has 2 heteroatoms. The molecule has 0 aromatic rings. The maximum atomic E-state index is 11.0. The highest BCUT2D eigenvalue weighted by molar-refractivity contribution is 5.73. The van der Waals surface area contributed by atoms with Crippen LogP contribution in [0.1, 0.15) is 25.7 Å². The van der Waals surface area contributed by atoms with Crippen molar-refractivity contribution in [2.45, 2.75) is 25.7 Å². The highest BCUT2D eigenvalue weighted by atomic mass is 16.5. The summed E-state index contributed by atoms with van der Waals surface area (Å²) in [5, 5.41) is 0. The molecule has 13 heavy (non-hydrogen) atoms. The van der Waals surface area contributed by atoms with Crippen LogP contribution in [-0.2, 0) is 9.53 Å². The number of hydrogen-bond acceptors (Lipinski definition) is 2. The molecule has 0 aromatic carbocycles. The molecule has 1 rings (SSSR count). The first-order valence-corrected chi connectivity index (χ1v) is 4.50. The van der Waals surface area contributed by atoms with Gasteiger partial charge >= 0.3 is 5.97 Å². The molecule has 0 amide bonds. The quantitative estimate of drug-likeness (QED) is 0.376. The molecule has 1 aliphatic heterocycles. The van der Waals surface area contributed by atoms with Crippen LogP contribution in [0.2, 0.25) is 0 Å². The van der Waals surface area contributed by atoms with Gasteiger partial charge in [-0.15, -0.1) is 6.58 Å². The molecule has 0 unspecified atom stereocenters. The van der Waals surface area contributed by atoms with Crippen molar-refractivity contribution < 1.29 is 9.53 Å². The van der Waals surface area contributed by atoms with E-state index in [9.17, 15) is 4.79 Å². The fraction of sp³-hybridized carbons (Fsp3) is 0.364. The maximum Gasteiger partial charge on any atom is 0.314 e. The number of rotatable bonds is 4. The molecule has 1 aliphatic rings. The number of cyclic esters (lactones) is 1. The van der Waals surface area contributed by atoms with E-state index in [0.29, 0.717) is 6.42 Å². The molecule has 70 valence electrons. The average Bonchev–Trinajstić information content (AvgIpc) is 2.31. The first-order chi connectivity index (χ1) is 6.33. The van der Waals surface area contributed by atoms with Gasteiger partial charge in [-0.1, -0.05) is 18.2 Å². The van der Waals surface area contributed by atoms with E-state index in [1.54, 1.807) is 0 Å². The van der Waals surface area contributed by atoms with Crippen molar-refractivity contribution in [3.05, 3.63) is 36.6 Å². The topological polar surface area (TPSA) is 26.3 Å². The normalized spacial score (nSPS) is 16.0. The SMILES string of the molecule is C=CCCCC1=CC=CCC(=O)O1. The van der Waals surface area contributed by atoms with Crippen molar-refractivity contribution in [2.24, 2.45) is 0 Å². The summed E-state index contributed by atoms with van der Waals surface area (Å²) in [6, 6.07) is 0. The van der Waals surface area contributed by atoms with Crippen molar-refractivity contribution in [1.29, 1.82) is 0 Å². The standard InChI is InChI=1S/C11H14O2/c1-2-3-4-7-10-8-5-6-9-11(12)13-10/h2,5-6,8H,1,3-4,7,9H2. The summed E-state index contributed by atoms with van der Waals surface area (Å²) in [5.74, 6) is 0.596. The molecule has 0 bridgehead atoms. The molecule has 1 heterocycles. The highest BCUT2D eigenvalue weighted by Gasteiger charge is 2.06. The Bertz CT molecular complexity index is 249. The number of allylic oxidation sites excluding steroid dienone is 4. The van der Waals surface area contributed by atoms with Crippen LogP contribution in [0.25, 0.3) is 0 Å². The molecule has 0 aromatic heterocycles. The smallest absolute Gasteiger partial charge is 0.314 e. The minimum atomic E-state index is -0.168. The predicted octanol–water partition coefficient (Wildman–Crippen LogP) is 2.73. The van der Waals surface area contributed by atoms with Gasteiger partial charge in [-0.25, -0.2) is 0 Å². The third-order valence-corrected chi connectivity index (χ3v) is 1.78. The summed E-state index contributed by atoms with van der Waals surface area (Å²) < 4.78 is 5.08. The summed E-state index contributed by atoms with van der Waals surface area (Å²) in [4.78, 5) is 11.0. The molecule has 0 aliphatic carbocycles. The lowest BCUT2D eigenvalue weighted by atomic mass is 10.2. The van der Waals surface area contributed by atoms with E-state index < -0.39 is 0 Å². The van der Waals surface area contributed by atoms with E-state index >= 15 is 0 Å². The molecule has 0 saturated carbocycles. The Hall–Kier alpha value is -1.31. The van der Waals surface area contributed by atoms with Gasteiger partial charge in [0, 0.05) is 6.42 Å². The second kappa shape index (κ2) is 5.36. The molecule has 2 nitrogen and oxygen atoms in total. The molecule has 0 saturated heterocycles. The van der Waals surface area contributed by atoms with E-state index in [2.05, 4.69) is 6.58 Å². The molecular formula is C11H14O2. The van der Waals surface area contributed by atoms with Crippen LogP contribution in [0.15, 0.2) is 36.6 Å². The molecule has 0 radical (unpaired) electrons. The zero-order chi connectivity index (χ0) is 9.52. The fourth-order valence-corrected chi connectivity index (χ4v) is 1.12. The van der Waals surface area contributed by atoms with E-state index in [4.69, 9.17) is 4.74 Å². The number of carbonyl (C=O) groups excluding carboxylic acids is 1. The minimum Gasteiger partial charge on any atom is -0.431 e. The second-order valence-electron chi connectivity index (χ2n) is 2.92. The van der Waals surface area contributed by atoms with Gasteiger partial charge in [0.25, 0.3) is 0 Å². The lowest BCUT2D eigenvalue weighted by Gasteiger charge is -2.04. The van der Waals surface area contributed by atoms with Gasteiger partial charge in [-0.3, -0.25) is 4.79 Å². The Morgan fingerprint density at radius 3 is 3.23 bits per heavy atom. The molecular weight excluding hydrogens is 164 g/mol. The second-order valence-corrected chi connectivity index (χ2v) is 2.92. The number of esters is 1. The Morgan fingerprint density at radius 1 is 1.62 bits per heavy atom. The lowest BCUT2D eigenvalue weighted by Crippen LogP contribution is -2.01. The van der Waals surface area contributed by atoms with Gasteiger partial charge in [0.1, 0.15) is 5.76 Å². The first kappa shape index (κ1) is 9.78. The van der Waals surface area contributed by atoms with Gasteiger partial charge in [0.05, 0.1) is 6.42 Å². The van der Waals surface area contributed by atoms with Crippen LogP contribution in [-0.4, -0.2) is 5.97 Å². The summed E-state index contributed by atoms with van der Waals surface area (Å²) in [7, 11) is 0. The Kier molecular flexibility index (Phi) is 4.03. The highest BCUT2D eigenvalue weighted by Crippen LogP contribution is 2.13. The molecule has 0 N–H and O–H groups in total. The minimum absolute atomic E-state index is 0.168. The van der Waals surface area contributed by atoms with Crippen molar-refractivity contribution in [1.82, 2.24) is 0 Å². The van der Waals surface area contributed by atoms with Gasteiger partial charge in [-0.2, -0.15) is 0 Å². The summed E-state index contributed by atoms with van der Waals surface area (Å²) >= 11 is 0. The Balaban J connectivity index is 2.39. The van der Waals surface area contributed by atoms with E-state index in [0.717, 1.165) is 25.0 Å². The molecule has 0 atom stereocenters. The van der Waals surface area contributed by atoms with E-state index in [1.165, 1.54) is 0 Å². The Labute approximate surface area is 78.6 Å². The van der Waals surface area contributed by atoms with Crippen LogP contribution < -0.4 is 0 Å². The maximum absolute atomic E-state index is 11.0. The average molecular weight is 178 g/mol. The predicted molar refractivity (Wildman–Crippen MR) is 52.0 cm³/mol. The van der Waals surface area contributed by atoms with E-state index in [-0.39, 0.29) is 5.97 Å². The first-order valence-electron chi connectivity index (χ1n) is 4.50. The summed E-state index contributed by atoms with van der Waals surface area (Å²) in [6.07, 6.45) is 10.5. The fourth-order valence-electron chi connectivity index (χ4n) is 1.12. The van der Waals surface area contributed by atoms with Crippen LogP contribution in [0.3, 0.4) is 0 Å².